The molecule has 6 heteroatoms. The molecule has 0 spiro atoms. The molecule has 0 aromatic heterocycles. The van der Waals surface area contributed by atoms with Crippen LogP contribution in [0.25, 0.3) is 0 Å². The van der Waals surface area contributed by atoms with Crippen molar-refractivity contribution in [3.05, 3.63) is 116 Å². The molecular weight excluding hydrogens is 673 g/mol. The highest BCUT2D eigenvalue weighted by molar-refractivity contribution is 5.92. The third-order valence-corrected chi connectivity index (χ3v) is 10.8. The normalized spacial score (nSPS) is 17.2. The zero-order valence-electron chi connectivity index (χ0n) is 34.8. The lowest BCUT2D eigenvalue weighted by atomic mass is 9.77. The average molecular weight is 731 g/mol. The summed E-state index contributed by atoms with van der Waals surface area (Å²) >= 11 is 0. The Morgan fingerprint density at radius 3 is 1.13 bits per heavy atom. The van der Waals surface area contributed by atoms with Crippen LogP contribution in [-0.2, 0) is 31.2 Å². The first kappa shape index (κ1) is 39.1. The number of ether oxygens (including phenoxy) is 4. The van der Waals surface area contributed by atoms with Crippen LogP contribution in [0.3, 0.4) is 0 Å². The van der Waals surface area contributed by atoms with Crippen LogP contribution in [0, 0.1) is 13.8 Å². The SMILES string of the molecule is Cc1cc(OCCOc2ccc(C3C(=O)Oc4c3cc(C(C)(C)C)cc4C(C)(C)C)c(C)c2)ccc1C1C(=O)Oc2c1cc(C(C)(C)C)cc2C(C)(C)C. The van der Waals surface area contributed by atoms with E-state index >= 15 is 0 Å². The Morgan fingerprint density at radius 1 is 0.481 bits per heavy atom. The fourth-order valence-corrected chi connectivity index (χ4v) is 7.54. The van der Waals surface area contributed by atoms with Gasteiger partial charge in [0, 0.05) is 22.3 Å². The monoisotopic (exact) mass is 730 g/mol. The Balaban J connectivity index is 1.15. The van der Waals surface area contributed by atoms with Gasteiger partial charge in [0.1, 0.15) is 48.0 Å². The highest BCUT2D eigenvalue weighted by atomic mass is 16.5. The molecule has 4 aromatic rings. The van der Waals surface area contributed by atoms with Gasteiger partial charge >= 0.3 is 11.9 Å². The minimum absolute atomic E-state index is 0.0795. The van der Waals surface area contributed by atoms with Crippen molar-refractivity contribution in [3.63, 3.8) is 0 Å². The predicted octanol–water partition coefficient (Wildman–Crippen LogP) is 11.1. The van der Waals surface area contributed by atoms with Gasteiger partial charge in [-0.25, -0.2) is 0 Å². The number of carbonyl (C=O) groups excluding carboxylic acids is 2. The lowest BCUT2D eigenvalue weighted by molar-refractivity contribution is -0.134. The van der Waals surface area contributed by atoms with E-state index in [1.807, 2.05) is 50.2 Å². The van der Waals surface area contributed by atoms with E-state index in [9.17, 15) is 9.59 Å². The largest absolute Gasteiger partial charge is 0.490 e. The Kier molecular flexibility index (Phi) is 9.87. The quantitative estimate of drug-likeness (QED) is 0.107. The summed E-state index contributed by atoms with van der Waals surface area (Å²) < 4.78 is 24.2. The fourth-order valence-electron chi connectivity index (χ4n) is 7.54. The van der Waals surface area contributed by atoms with Crippen molar-refractivity contribution in [2.45, 2.75) is 130 Å². The van der Waals surface area contributed by atoms with E-state index in [2.05, 4.69) is 107 Å². The highest BCUT2D eigenvalue weighted by Gasteiger charge is 2.41. The van der Waals surface area contributed by atoms with Gasteiger partial charge in [-0.2, -0.15) is 0 Å². The second kappa shape index (κ2) is 13.6. The zero-order chi connectivity index (χ0) is 39.7. The van der Waals surface area contributed by atoms with Crippen molar-refractivity contribution in [2.24, 2.45) is 0 Å². The standard InChI is InChI=1S/C48H58O6/c1-27-21-31(15-17-33(27)39-35-23-29(45(3,4)5)25-37(47(9,10)11)41(35)53-43(39)49)51-19-20-52-32-16-18-34(28(2)22-32)40-36-24-30(46(6,7)8)26-38(48(12,13)14)42(36)54-44(40)50/h15-18,21-26,39-40H,19-20H2,1-14H3. The predicted molar refractivity (Wildman–Crippen MR) is 216 cm³/mol. The zero-order valence-corrected chi connectivity index (χ0v) is 34.8. The molecule has 0 N–H and O–H groups in total. The van der Waals surface area contributed by atoms with Gasteiger partial charge in [0.15, 0.2) is 0 Å². The molecule has 2 unspecified atom stereocenters. The molecule has 4 aromatic carbocycles. The van der Waals surface area contributed by atoms with Crippen LogP contribution in [0.15, 0.2) is 60.7 Å². The molecule has 2 atom stereocenters. The second-order valence-corrected chi connectivity index (χ2v) is 19.3. The van der Waals surface area contributed by atoms with Crippen LogP contribution in [0.2, 0.25) is 0 Å². The van der Waals surface area contributed by atoms with Crippen molar-refractivity contribution in [1.82, 2.24) is 0 Å². The lowest BCUT2D eigenvalue weighted by Crippen LogP contribution is -2.17. The Hall–Kier alpha value is -4.58. The van der Waals surface area contributed by atoms with E-state index in [0.29, 0.717) is 36.2 Å². The minimum Gasteiger partial charge on any atom is -0.490 e. The van der Waals surface area contributed by atoms with E-state index in [1.54, 1.807) is 0 Å². The Morgan fingerprint density at radius 2 is 0.833 bits per heavy atom. The van der Waals surface area contributed by atoms with E-state index in [1.165, 1.54) is 11.1 Å². The van der Waals surface area contributed by atoms with Gasteiger partial charge in [0.2, 0.25) is 0 Å². The summed E-state index contributed by atoms with van der Waals surface area (Å²) in [7, 11) is 0. The first-order chi connectivity index (χ1) is 24.9. The number of hydrogen-bond donors (Lipinski definition) is 0. The molecular formula is C48H58O6. The third-order valence-electron chi connectivity index (χ3n) is 10.8. The smallest absolute Gasteiger partial charge is 0.323 e. The molecule has 2 heterocycles. The lowest BCUT2D eigenvalue weighted by Gasteiger charge is -2.27. The van der Waals surface area contributed by atoms with Crippen LogP contribution in [0.5, 0.6) is 23.0 Å². The molecule has 54 heavy (non-hydrogen) atoms. The second-order valence-electron chi connectivity index (χ2n) is 19.3. The van der Waals surface area contributed by atoms with Crippen molar-refractivity contribution in [2.75, 3.05) is 13.2 Å². The van der Waals surface area contributed by atoms with Crippen molar-refractivity contribution < 1.29 is 28.5 Å². The van der Waals surface area contributed by atoms with Crippen molar-refractivity contribution in [3.8, 4) is 23.0 Å². The fraction of sp³-hybridized carbons (Fsp3) is 0.458. The van der Waals surface area contributed by atoms with Gasteiger partial charge in [-0.3, -0.25) is 9.59 Å². The molecule has 2 aliphatic rings. The summed E-state index contributed by atoms with van der Waals surface area (Å²) in [6, 6.07) is 20.5. The molecule has 286 valence electrons. The van der Waals surface area contributed by atoms with Crippen LogP contribution < -0.4 is 18.9 Å². The maximum absolute atomic E-state index is 13.5. The molecule has 0 aliphatic carbocycles. The van der Waals surface area contributed by atoms with Gasteiger partial charge in [-0.05, 0) is 93.2 Å². The summed E-state index contributed by atoms with van der Waals surface area (Å²) in [5.74, 6) is 1.34. The Bertz CT molecular complexity index is 1970. The number of rotatable bonds is 7. The van der Waals surface area contributed by atoms with Gasteiger partial charge in [0.25, 0.3) is 0 Å². The molecule has 0 bridgehead atoms. The number of esters is 2. The Labute approximate surface area is 322 Å². The molecule has 6 rings (SSSR count). The topological polar surface area (TPSA) is 71.1 Å². The van der Waals surface area contributed by atoms with Crippen LogP contribution in [-0.4, -0.2) is 25.2 Å². The van der Waals surface area contributed by atoms with Crippen molar-refractivity contribution >= 4 is 11.9 Å². The number of aryl methyl sites for hydroxylation is 2. The van der Waals surface area contributed by atoms with Crippen LogP contribution in [0.1, 0.15) is 151 Å². The van der Waals surface area contributed by atoms with Crippen LogP contribution >= 0.6 is 0 Å². The summed E-state index contributed by atoms with van der Waals surface area (Å²) in [5.41, 5.74) is 9.59. The molecule has 6 nitrogen and oxygen atoms in total. The van der Waals surface area contributed by atoms with Gasteiger partial charge in [-0.1, -0.05) is 119 Å². The average Bonchev–Trinajstić information content (AvgIpc) is 3.55. The van der Waals surface area contributed by atoms with Gasteiger partial charge in [0.05, 0.1) is 0 Å². The molecule has 0 saturated heterocycles. The molecule has 0 saturated carbocycles. The summed E-state index contributed by atoms with van der Waals surface area (Å²) in [4.78, 5) is 26.9. The minimum atomic E-state index is -0.493. The third kappa shape index (κ3) is 7.54. The van der Waals surface area contributed by atoms with Crippen molar-refractivity contribution in [1.29, 1.82) is 0 Å². The summed E-state index contributed by atoms with van der Waals surface area (Å²) in [6.07, 6.45) is 0. The summed E-state index contributed by atoms with van der Waals surface area (Å²) in [6.45, 7) is 30.8. The van der Waals surface area contributed by atoms with E-state index in [0.717, 1.165) is 44.5 Å². The maximum Gasteiger partial charge on any atom is 0.323 e. The van der Waals surface area contributed by atoms with Gasteiger partial charge in [-0.15, -0.1) is 0 Å². The highest BCUT2D eigenvalue weighted by Crippen LogP contribution is 2.49. The molecule has 2 aliphatic heterocycles. The number of hydrogen-bond acceptors (Lipinski definition) is 6. The van der Waals surface area contributed by atoms with E-state index in [-0.39, 0.29) is 33.6 Å². The molecule has 0 radical (unpaired) electrons. The first-order valence-corrected chi connectivity index (χ1v) is 19.2. The number of benzene rings is 4. The van der Waals surface area contributed by atoms with E-state index in [4.69, 9.17) is 18.9 Å². The van der Waals surface area contributed by atoms with Crippen LogP contribution in [0.4, 0.5) is 0 Å². The number of fused-ring (bicyclic) bond motifs is 2. The maximum atomic E-state index is 13.5. The van der Waals surface area contributed by atoms with Gasteiger partial charge < -0.3 is 18.9 Å². The van der Waals surface area contributed by atoms with E-state index < -0.39 is 11.8 Å². The summed E-state index contributed by atoms with van der Waals surface area (Å²) in [5, 5.41) is 0. The molecule has 0 fully saturated rings. The number of carbonyl (C=O) groups is 2. The molecule has 0 amide bonds. The first-order valence-electron chi connectivity index (χ1n) is 19.2.